The van der Waals surface area contributed by atoms with Crippen LogP contribution in [0.25, 0.3) is 11.0 Å². The van der Waals surface area contributed by atoms with E-state index in [1.807, 2.05) is 24.8 Å². The third-order valence-electron chi connectivity index (χ3n) is 5.79. The van der Waals surface area contributed by atoms with Crippen LogP contribution in [0.4, 0.5) is 4.39 Å². The molecule has 4 rings (SSSR count). The fourth-order valence-electron chi connectivity index (χ4n) is 4.26. The molecule has 1 aliphatic rings. The van der Waals surface area contributed by atoms with Crippen LogP contribution >= 0.6 is 0 Å². The van der Waals surface area contributed by atoms with Crippen molar-refractivity contribution >= 4 is 16.9 Å². The molecule has 1 aliphatic heterocycles. The molecular weight excluding hydrogens is 369 g/mol. The van der Waals surface area contributed by atoms with Crippen molar-refractivity contribution in [1.29, 1.82) is 0 Å². The molecule has 3 heterocycles. The minimum absolute atomic E-state index is 0.0191. The molecule has 0 unspecified atom stereocenters. The number of carbonyl (C=O) groups excluding carboxylic acids is 1. The van der Waals surface area contributed by atoms with Crippen LogP contribution in [-0.4, -0.2) is 32.4 Å². The van der Waals surface area contributed by atoms with Crippen LogP contribution in [0.2, 0.25) is 0 Å². The summed E-state index contributed by atoms with van der Waals surface area (Å²) in [6.07, 6.45) is 4.52. The number of aromatic nitrogens is 2. The van der Waals surface area contributed by atoms with Crippen molar-refractivity contribution in [3.8, 4) is 0 Å². The summed E-state index contributed by atoms with van der Waals surface area (Å²) in [7, 11) is 0. The fourth-order valence-corrected chi connectivity index (χ4v) is 4.26. The lowest BCUT2D eigenvalue weighted by molar-refractivity contribution is 0.0508. The Hall–Kier alpha value is -3.02. The highest BCUT2D eigenvalue weighted by molar-refractivity contribution is 5.97. The van der Waals surface area contributed by atoms with E-state index in [4.69, 9.17) is 0 Å². The molecule has 5 nitrogen and oxygen atoms in total. The molecule has 3 aromatic rings. The number of fused-ring (bicyclic) bond motifs is 1. The van der Waals surface area contributed by atoms with Gasteiger partial charge in [0.25, 0.3) is 11.5 Å². The van der Waals surface area contributed by atoms with Gasteiger partial charge in [0.2, 0.25) is 0 Å². The zero-order valence-electron chi connectivity index (χ0n) is 16.6. The van der Waals surface area contributed by atoms with Gasteiger partial charge in [-0.1, -0.05) is 18.2 Å². The normalized spacial score (nSPS) is 19.5. The number of hydrogen-bond donors (Lipinski definition) is 0. The largest absolute Gasteiger partial charge is 0.333 e. The minimum Gasteiger partial charge on any atom is -0.333 e. The van der Waals surface area contributed by atoms with Gasteiger partial charge in [-0.2, -0.15) is 0 Å². The van der Waals surface area contributed by atoms with Crippen molar-refractivity contribution in [2.75, 3.05) is 0 Å². The van der Waals surface area contributed by atoms with Gasteiger partial charge in [0, 0.05) is 29.2 Å². The summed E-state index contributed by atoms with van der Waals surface area (Å²) in [5, 5.41) is 0.684. The summed E-state index contributed by atoms with van der Waals surface area (Å²) in [6.45, 7) is 4.06. The second kappa shape index (κ2) is 7.78. The molecule has 0 spiro atoms. The predicted molar refractivity (Wildman–Crippen MR) is 110 cm³/mol. The Kier molecular flexibility index (Phi) is 5.18. The van der Waals surface area contributed by atoms with Crippen LogP contribution in [0.3, 0.4) is 0 Å². The van der Waals surface area contributed by atoms with Crippen molar-refractivity contribution in [3.05, 3.63) is 76.0 Å². The first-order valence-electron chi connectivity index (χ1n) is 10.0. The topological polar surface area (TPSA) is 55.2 Å². The Morgan fingerprint density at radius 2 is 1.86 bits per heavy atom. The zero-order chi connectivity index (χ0) is 20.5. The van der Waals surface area contributed by atoms with E-state index in [-0.39, 0.29) is 30.1 Å². The number of benzene rings is 1. The van der Waals surface area contributed by atoms with Gasteiger partial charge < -0.3 is 4.90 Å². The van der Waals surface area contributed by atoms with Crippen LogP contribution in [0, 0.1) is 5.82 Å². The summed E-state index contributed by atoms with van der Waals surface area (Å²) in [4.78, 5) is 32.9. The van der Waals surface area contributed by atoms with Gasteiger partial charge in [-0.15, -0.1) is 0 Å². The fraction of sp³-hybridized carbons (Fsp3) is 0.348. The van der Waals surface area contributed by atoms with Gasteiger partial charge in [0.15, 0.2) is 0 Å². The molecule has 0 saturated carbocycles. The number of halogens is 1. The second-order valence-corrected chi connectivity index (χ2v) is 7.80. The molecule has 1 saturated heterocycles. The van der Waals surface area contributed by atoms with Gasteiger partial charge in [-0.25, -0.2) is 9.37 Å². The molecule has 0 N–H and O–H groups in total. The summed E-state index contributed by atoms with van der Waals surface area (Å²) < 4.78 is 15.7. The van der Waals surface area contributed by atoms with Gasteiger partial charge in [0.1, 0.15) is 17.0 Å². The van der Waals surface area contributed by atoms with Gasteiger partial charge in [0.05, 0.1) is 6.54 Å². The van der Waals surface area contributed by atoms with Crippen molar-refractivity contribution < 1.29 is 9.18 Å². The Balaban J connectivity index is 1.86. The molecule has 1 aromatic carbocycles. The van der Waals surface area contributed by atoms with E-state index in [9.17, 15) is 14.0 Å². The highest BCUT2D eigenvalue weighted by Crippen LogP contribution is 2.25. The quantitative estimate of drug-likeness (QED) is 0.676. The lowest BCUT2D eigenvalue weighted by Gasteiger charge is -2.39. The van der Waals surface area contributed by atoms with Gasteiger partial charge in [-0.05, 0) is 57.4 Å². The molecule has 1 fully saturated rings. The van der Waals surface area contributed by atoms with Crippen LogP contribution in [0.1, 0.15) is 49.0 Å². The predicted octanol–water partition coefficient (Wildman–Crippen LogP) is 3.99. The Bertz CT molecular complexity index is 1110. The van der Waals surface area contributed by atoms with E-state index in [0.717, 1.165) is 19.3 Å². The van der Waals surface area contributed by atoms with Gasteiger partial charge in [-0.3, -0.25) is 14.2 Å². The average molecular weight is 393 g/mol. The standard InChI is InChI=1S/C23H24FN3O2/c1-15-7-5-8-16(2)27(15)23(29)19-13-17-10-6-12-25-21(17)26(22(19)28)14-18-9-3-4-11-20(18)24/h3-4,6,9-13,15-16H,5,7-8,14H2,1-2H3/t15-,16-/m1/s1. The molecule has 2 aromatic heterocycles. The number of hydrogen-bond acceptors (Lipinski definition) is 3. The summed E-state index contributed by atoms with van der Waals surface area (Å²) >= 11 is 0. The maximum atomic E-state index is 14.2. The number of pyridine rings is 2. The lowest BCUT2D eigenvalue weighted by atomic mass is 9.96. The zero-order valence-corrected chi connectivity index (χ0v) is 16.6. The maximum Gasteiger partial charge on any atom is 0.265 e. The third kappa shape index (κ3) is 3.55. The second-order valence-electron chi connectivity index (χ2n) is 7.80. The van der Waals surface area contributed by atoms with E-state index < -0.39 is 11.4 Å². The molecule has 0 aliphatic carbocycles. The van der Waals surface area contributed by atoms with Crippen LogP contribution < -0.4 is 5.56 Å². The van der Waals surface area contributed by atoms with Crippen molar-refractivity contribution in [2.45, 2.75) is 51.7 Å². The highest BCUT2D eigenvalue weighted by Gasteiger charge is 2.31. The summed E-state index contributed by atoms with van der Waals surface area (Å²) in [5.74, 6) is -0.652. The maximum absolute atomic E-state index is 14.2. The van der Waals surface area contributed by atoms with Crippen LogP contribution in [0.5, 0.6) is 0 Å². The van der Waals surface area contributed by atoms with Crippen molar-refractivity contribution in [2.24, 2.45) is 0 Å². The van der Waals surface area contributed by atoms with Crippen molar-refractivity contribution in [3.63, 3.8) is 0 Å². The SMILES string of the molecule is C[C@@H]1CCC[C@@H](C)N1C(=O)c1cc2cccnc2n(Cc2ccccc2F)c1=O. The van der Waals surface area contributed by atoms with Crippen LogP contribution in [-0.2, 0) is 6.54 Å². The Morgan fingerprint density at radius 1 is 1.14 bits per heavy atom. The molecule has 150 valence electrons. The smallest absolute Gasteiger partial charge is 0.265 e. The average Bonchev–Trinajstić information content (AvgIpc) is 2.71. The lowest BCUT2D eigenvalue weighted by Crippen LogP contribution is -2.49. The molecular formula is C23H24FN3O2. The number of amides is 1. The molecule has 0 bridgehead atoms. The summed E-state index contributed by atoms with van der Waals surface area (Å²) in [5.41, 5.74) is 0.500. The van der Waals surface area contributed by atoms with E-state index in [2.05, 4.69) is 4.98 Å². The molecule has 6 heteroatoms. The number of nitrogens with zero attached hydrogens (tertiary/aromatic N) is 3. The molecule has 2 atom stereocenters. The third-order valence-corrected chi connectivity index (χ3v) is 5.79. The molecule has 29 heavy (non-hydrogen) atoms. The molecule has 0 radical (unpaired) electrons. The van der Waals surface area contributed by atoms with Crippen molar-refractivity contribution in [1.82, 2.24) is 14.5 Å². The van der Waals surface area contributed by atoms with E-state index in [1.165, 1.54) is 10.6 Å². The first-order valence-corrected chi connectivity index (χ1v) is 10.0. The summed E-state index contributed by atoms with van der Waals surface area (Å²) in [6, 6.07) is 11.7. The van der Waals surface area contributed by atoms with Gasteiger partial charge >= 0.3 is 0 Å². The van der Waals surface area contributed by atoms with E-state index in [0.29, 0.717) is 16.6 Å². The minimum atomic E-state index is -0.436. The van der Waals surface area contributed by atoms with E-state index >= 15 is 0 Å². The number of piperidine rings is 1. The monoisotopic (exact) mass is 393 g/mol. The first-order chi connectivity index (χ1) is 14.0. The Morgan fingerprint density at radius 3 is 2.59 bits per heavy atom. The van der Waals surface area contributed by atoms with Crippen LogP contribution in [0.15, 0.2) is 53.5 Å². The number of rotatable bonds is 3. The first kappa shape index (κ1) is 19.3. The number of likely N-dealkylation sites (tertiary alicyclic amines) is 1. The number of carbonyl (C=O) groups is 1. The highest BCUT2D eigenvalue weighted by atomic mass is 19.1. The molecule has 1 amide bonds. The Labute approximate surface area is 168 Å². The van der Waals surface area contributed by atoms with E-state index in [1.54, 1.807) is 36.5 Å².